The number of benzene rings is 9. The maximum Gasteiger partial charge on any atom is 0.143 e. The van der Waals surface area contributed by atoms with E-state index in [9.17, 15) is 0 Å². The molecule has 3 aromatic heterocycles. The molecule has 0 radical (unpaired) electrons. The van der Waals surface area contributed by atoms with Crippen molar-refractivity contribution in [1.82, 2.24) is 0 Å². The molecule has 0 atom stereocenters. The zero-order valence-electron chi connectivity index (χ0n) is 27.2. The van der Waals surface area contributed by atoms with Crippen LogP contribution in [0.1, 0.15) is 0 Å². The number of rotatable bonds is 2. The molecule has 0 aliphatic heterocycles. The summed E-state index contributed by atoms with van der Waals surface area (Å²) in [5.74, 6) is 0. The van der Waals surface area contributed by atoms with Crippen molar-refractivity contribution in [3.8, 4) is 22.3 Å². The molecule has 0 N–H and O–H groups in total. The molecule has 0 saturated carbocycles. The molecule has 0 unspecified atom stereocenters. The van der Waals surface area contributed by atoms with Gasteiger partial charge in [-0.15, -0.1) is 11.3 Å². The topological polar surface area (TPSA) is 26.3 Å². The van der Waals surface area contributed by atoms with Crippen molar-refractivity contribution < 1.29 is 8.83 Å². The van der Waals surface area contributed by atoms with Crippen LogP contribution < -0.4 is 0 Å². The number of furan rings is 2. The first kappa shape index (κ1) is 27.4. The Balaban J connectivity index is 1.11. The second kappa shape index (κ2) is 10.1. The zero-order chi connectivity index (χ0) is 33.2. The Kier molecular flexibility index (Phi) is 5.41. The summed E-state index contributed by atoms with van der Waals surface area (Å²) in [5, 5.41) is 14.3. The van der Waals surface area contributed by atoms with Crippen molar-refractivity contribution in [2.45, 2.75) is 0 Å². The van der Waals surface area contributed by atoms with Crippen LogP contribution in [0.5, 0.6) is 0 Å². The van der Waals surface area contributed by atoms with Crippen LogP contribution in [-0.2, 0) is 0 Å². The highest BCUT2D eigenvalue weighted by atomic mass is 32.1. The normalized spacial score (nSPS) is 12.3. The van der Waals surface area contributed by atoms with Crippen LogP contribution in [0, 0.1) is 0 Å². The highest BCUT2D eigenvalue weighted by Crippen LogP contribution is 2.47. The minimum absolute atomic E-state index is 0.889. The Morgan fingerprint density at radius 3 is 1.63 bits per heavy atom. The molecule has 0 amide bonds. The molecule has 12 rings (SSSR count). The van der Waals surface area contributed by atoms with Crippen LogP contribution in [0.3, 0.4) is 0 Å². The van der Waals surface area contributed by atoms with Gasteiger partial charge in [-0.1, -0.05) is 103 Å². The minimum atomic E-state index is 0.889. The lowest BCUT2D eigenvalue weighted by atomic mass is 9.85. The van der Waals surface area contributed by atoms with E-state index >= 15 is 0 Å². The van der Waals surface area contributed by atoms with Crippen LogP contribution in [0.4, 0.5) is 0 Å². The highest BCUT2D eigenvalue weighted by Gasteiger charge is 2.20. The molecule has 2 nitrogen and oxygen atoms in total. The number of para-hydroxylation sites is 1. The fourth-order valence-corrected chi connectivity index (χ4v) is 9.65. The van der Waals surface area contributed by atoms with Crippen LogP contribution >= 0.6 is 11.3 Å². The molecule has 12 aromatic rings. The van der Waals surface area contributed by atoms with E-state index in [0.29, 0.717) is 0 Å². The Morgan fingerprint density at radius 1 is 0.314 bits per heavy atom. The first-order chi connectivity index (χ1) is 25.3. The second-order valence-electron chi connectivity index (χ2n) is 13.6. The van der Waals surface area contributed by atoms with Gasteiger partial charge in [-0.25, -0.2) is 0 Å². The van der Waals surface area contributed by atoms with Gasteiger partial charge in [0, 0.05) is 47.1 Å². The van der Waals surface area contributed by atoms with Gasteiger partial charge in [-0.05, 0) is 104 Å². The van der Waals surface area contributed by atoms with Gasteiger partial charge >= 0.3 is 0 Å². The zero-order valence-corrected chi connectivity index (χ0v) is 28.1. The fourth-order valence-electron chi connectivity index (χ4n) is 8.56. The molecule has 3 heteroatoms. The molecule has 236 valence electrons. The molecule has 9 aromatic carbocycles. The van der Waals surface area contributed by atoms with E-state index in [4.69, 9.17) is 8.83 Å². The largest absolute Gasteiger partial charge is 0.456 e. The van der Waals surface area contributed by atoms with Crippen LogP contribution in [0.25, 0.3) is 119 Å². The third kappa shape index (κ3) is 3.81. The van der Waals surface area contributed by atoms with Crippen molar-refractivity contribution in [1.29, 1.82) is 0 Å². The molecule has 3 heterocycles. The molecule has 0 fully saturated rings. The smallest absolute Gasteiger partial charge is 0.143 e. The van der Waals surface area contributed by atoms with E-state index in [1.165, 1.54) is 64.0 Å². The summed E-state index contributed by atoms with van der Waals surface area (Å²) in [6.45, 7) is 0. The quantitative estimate of drug-likeness (QED) is 0.172. The summed E-state index contributed by atoms with van der Waals surface area (Å²) < 4.78 is 15.5. The SMILES string of the molecule is c1ccc2c(c1)oc1cc3ccc4c5cc(-c6c7ccccc7c(-c7ccc8sc9ccccc9c8c7)c7ccccc67)ccc5oc4c3cc12. The van der Waals surface area contributed by atoms with Crippen LogP contribution in [0.15, 0.2) is 167 Å². The number of hydrogen-bond acceptors (Lipinski definition) is 3. The van der Waals surface area contributed by atoms with Gasteiger partial charge in [0.1, 0.15) is 22.3 Å². The Labute approximate surface area is 295 Å². The number of fused-ring (bicyclic) bond motifs is 13. The maximum absolute atomic E-state index is 6.68. The van der Waals surface area contributed by atoms with Crippen LogP contribution in [-0.4, -0.2) is 0 Å². The summed E-state index contributed by atoms with van der Waals surface area (Å²) in [6.07, 6.45) is 0. The molecule has 51 heavy (non-hydrogen) atoms. The van der Waals surface area contributed by atoms with E-state index < -0.39 is 0 Å². The Morgan fingerprint density at radius 2 is 0.882 bits per heavy atom. The molecular formula is C48H26O2S. The highest BCUT2D eigenvalue weighted by molar-refractivity contribution is 7.25. The van der Waals surface area contributed by atoms with Crippen molar-refractivity contribution in [3.05, 3.63) is 158 Å². The van der Waals surface area contributed by atoms with E-state index in [2.05, 4.69) is 146 Å². The number of hydrogen-bond donors (Lipinski definition) is 0. The summed E-state index contributed by atoms with van der Waals surface area (Å²) in [6, 6.07) is 57.3. The summed E-state index contributed by atoms with van der Waals surface area (Å²) in [7, 11) is 0. The van der Waals surface area contributed by atoms with E-state index in [1.807, 2.05) is 23.5 Å². The maximum atomic E-state index is 6.68. The fraction of sp³-hybridized carbons (Fsp3) is 0. The summed E-state index contributed by atoms with van der Waals surface area (Å²) in [5.41, 5.74) is 8.55. The van der Waals surface area contributed by atoms with E-state index in [-0.39, 0.29) is 0 Å². The van der Waals surface area contributed by atoms with Gasteiger partial charge in [0.15, 0.2) is 0 Å². The second-order valence-corrected chi connectivity index (χ2v) is 14.7. The number of thiophene rings is 1. The Bertz CT molecular complexity index is 3370. The van der Waals surface area contributed by atoms with Crippen molar-refractivity contribution in [2.24, 2.45) is 0 Å². The third-order valence-electron chi connectivity index (χ3n) is 10.8. The Hall–Kier alpha value is -6.42. The minimum Gasteiger partial charge on any atom is -0.456 e. The lowest BCUT2D eigenvalue weighted by molar-refractivity contribution is 0.669. The van der Waals surface area contributed by atoms with E-state index in [0.717, 1.165) is 54.6 Å². The predicted molar refractivity (Wildman–Crippen MR) is 217 cm³/mol. The predicted octanol–water partition coefficient (Wildman–Crippen LogP) is 14.6. The molecule has 0 bridgehead atoms. The summed E-state index contributed by atoms with van der Waals surface area (Å²) in [4.78, 5) is 0. The molecule has 0 aliphatic rings. The third-order valence-corrected chi connectivity index (χ3v) is 12.0. The lowest BCUT2D eigenvalue weighted by Crippen LogP contribution is -1.90. The van der Waals surface area contributed by atoms with Gasteiger partial charge in [0.05, 0.1) is 0 Å². The molecule has 0 aliphatic carbocycles. The van der Waals surface area contributed by atoms with E-state index in [1.54, 1.807) is 0 Å². The summed E-state index contributed by atoms with van der Waals surface area (Å²) >= 11 is 1.86. The first-order valence-electron chi connectivity index (χ1n) is 17.3. The van der Waals surface area contributed by atoms with Crippen LogP contribution in [0.2, 0.25) is 0 Å². The molecular weight excluding hydrogens is 641 g/mol. The van der Waals surface area contributed by atoms with Crippen molar-refractivity contribution in [3.63, 3.8) is 0 Å². The van der Waals surface area contributed by atoms with Gasteiger partial charge < -0.3 is 8.83 Å². The van der Waals surface area contributed by atoms with Gasteiger partial charge in [0.2, 0.25) is 0 Å². The average molecular weight is 667 g/mol. The standard InChI is InChI=1S/C48H26O2S/c1-3-13-34-32(11-1)46(33-12-2-4-14-35(33)47(34)29-19-22-45-40(24-29)31-10-6-8-16-44(31)51-45)28-18-21-42-38(23-28)36-20-17-27-25-43-39(26-37(27)48(36)50-42)30-9-5-7-15-41(30)49-43/h1-26H. The van der Waals surface area contributed by atoms with Crippen molar-refractivity contribution in [2.75, 3.05) is 0 Å². The monoisotopic (exact) mass is 666 g/mol. The van der Waals surface area contributed by atoms with Crippen molar-refractivity contribution >= 4 is 108 Å². The van der Waals surface area contributed by atoms with Gasteiger partial charge in [-0.3, -0.25) is 0 Å². The molecule has 0 saturated heterocycles. The van der Waals surface area contributed by atoms with Gasteiger partial charge in [-0.2, -0.15) is 0 Å². The van der Waals surface area contributed by atoms with Gasteiger partial charge in [0.25, 0.3) is 0 Å². The lowest BCUT2D eigenvalue weighted by Gasteiger charge is -2.18. The average Bonchev–Trinajstić information content (AvgIpc) is 3.86. The first-order valence-corrected chi connectivity index (χ1v) is 18.1. The molecule has 0 spiro atoms.